The Morgan fingerprint density at radius 1 is 1.32 bits per heavy atom. The van der Waals surface area contributed by atoms with Crippen molar-refractivity contribution in [2.75, 3.05) is 13.7 Å². The maximum atomic E-state index is 11.7. The van der Waals surface area contributed by atoms with E-state index in [1.807, 2.05) is 0 Å². The van der Waals surface area contributed by atoms with E-state index in [1.165, 1.54) is 14.0 Å². The number of benzene rings is 1. The lowest BCUT2D eigenvalue weighted by molar-refractivity contribution is -0.121. The Morgan fingerprint density at radius 2 is 2.05 bits per heavy atom. The first-order chi connectivity index (χ1) is 10.5. The van der Waals surface area contributed by atoms with Crippen LogP contribution in [0.3, 0.4) is 0 Å². The predicted octanol–water partition coefficient (Wildman–Crippen LogP) is 2.58. The lowest BCUT2D eigenvalue weighted by atomic mass is 10.1. The van der Waals surface area contributed by atoms with Gasteiger partial charge in [0, 0.05) is 18.0 Å². The van der Waals surface area contributed by atoms with E-state index in [-0.39, 0.29) is 11.7 Å². The molecule has 0 bridgehead atoms. The van der Waals surface area contributed by atoms with E-state index in [2.05, 4.69) is 12.2 Å². The number of ether oxygens (including phenoxy) is 2. The zero-order valence-electron chi connectivity index (χ0n) is 13.3. The molecule has 0 aromatic heterocycles. The van der Waals surface area contributed by atoms with Crippen molar-refractivity contribution in [3.8, 4) is 11.5 Å². The van der Waals surface area contributed by atoms with Crippen molar-refractivity contribution in [3.05, 3.63) is 23.8 Å². The quantitative estimate of drug-likeness (QED) is 0.592. The molecule has 1 aliphatic rings. The van der Waals surface area contributed by atoms with E-state index < -0.39 is 0 Å². The van der Waals surface area contributed by atoms with Crippen molar-refractivity contribution < 1.29 is 19.1 Å². The van der Waals surface area contributed by atoms with Crippen LogP contribution in [0.4, 0.5) is 0 Å². The second-order valence-electron chi connectivity index (χ2n) is 5.76. The van der Waals surface area contributed by atoms with Crippen molar-refractivity contribution in [3.63, 3.8) is 0 Å². The molecule has 120 valence electrons. The predicted molar refractivity (Wildman–Crippen MR) is 83.4 cm³/mol. The smallest absolute Gasteiger partial charge is 0.220 e. The van der Waals surface area contributed by atoms with E-state index in [0.717, 1.165) is 6.42 Å². The van der Waals surface area contributed by atoms with Crippen molar-refractivity contribution >= 4 is 11.7 Å². The van der Waals surface area contributed by atoms with Crippen LogP contribution in [0.2, 0.25) is 0 Å². The minimum absolute atomic E-state index is 0.0178. The number of nitrogens with one attached hydrogen (secondary N) is 1. The van der Waals surface area contributed by atoms with E-state index in [9.17, 15) is 9.59 Å². The van der Waals surface area contributed by atoms with Gasteiger partial charge in [0.05, 0.1) is 13.7 Å². The van der Waals surface area contributed by atoms with Gasteiger partial charge in [-0.05, 0) is 43.9 Å². The number of Topliss-reactive ketones (excluding diaryl/α,β-unsaturated/α-hetero) is 1. The molecule has 2 unspecified atom stereocenters. The standard InChI is InChI=1S/C17H23NO4/c1-11-9-14(11)18-17(20)5-4-8-22-15-7-6-13(12(2)19)10-16(15)21-3/h6-7,10-11,14H,4-5,8-9H2,1-3H3,(H,18,20). The van der Waals surface area contributed by atoms with Gasteiger partial charge in [0.1, 0.15) is 0 Å². The average molecular weight is 305 g/mol. The number of carbonyl (C=O) groups excluding carboxylic acids is 2. The van der Waals surface area contributed by atoms with Gasteiger partial charge in [0.2, 0.25) is 5.91 Å². The molecular weight excluding hydrogens is 282 g/mol. The van der Waals surface area contributed by atoms with Crippen LogP contribution in [0.25, 0.3) is 0 Å². The maximum absolute atomic E-state index is 11.7. The highest BCUT2D eigenvalue weighted by Crippen LogP contribution is 2.29. The molecule has 5 nitrogen and oxygen atoms in total. The average Bonchev–Trinajstić information content (AvgIpc) is 3.18. The minimum atomic E-state index is -0.0178. The molecule has 1 amide bonds. The van der Waals surface area contributed by atoms with Crippen LogP contribution in [0, 0.1) is 5.92 Å². The van der Waals surface area contributed by atoms with E-state index >= 15 is 0 Å². The first-order valence-electron chi connectivity index (χ1n) is 7.62. The summed E-state index contributed by atoms with van der Waals surface area (Å²) in [6.45, 7) is 4.07. The molecule has 0 aliphatic heterocycles. The zero-order chi connectivity index (χ0) is 16.1. The van der Waals surface area contributed by atoms with Gasteiger partial charge in [0.15, 0.2) is 17.3 Å². The van der Waals surface area contributed by atoms with Crippen LogP contribution in [0.5, 0.6) is 11.5 Å². The molecule has 0 saturated heterocycles. The Bertz CT molecular complexity index is 556. The second-order valence-corrected chi connectivity index (χ2v) is 5.76. The monoisotopic (exact) mass is 305 g/mol. The molecule has 1 aromatic carbocycles. The van der Waals surface area contributed by atoms with Crippen LogP contribution in [0.1, 0.15) is 43.5 Å². The van der Waals surface area contributed by atoms with Crippen LogP contribution in [0.15, 0.2) is 18.2 Å². The first-order valence-corrected chi connectivity index (χ1v) is 7.62. The molecule has 2 atom stereocenters. The van der Waals surface area contributed by atoms with Crippen molar-refractivity contribution in [1.82, 2.24) is 5.32 Å². The van der Waals surface area contributed by atoms with Gasteiger partial charge >= 0.3 is 0 Å². The van der Waals surface area contributed by atoms with E-state index in [0.29, 0.717) is 48.5 Å². The molecule has 1 aromatic rings. The normalized spacial score (nSPS) is 19.4. The molecule has 1 saturated carbocycles. The Labute approximate surface area is 131 Å². The molecule has 0 spiro atoms. The van der Waals surface area contributed by atoms with Crippen LogP contribution in [-0.4, -0.2) is 31.4 Å². The molecule has 0 radical (unpaired) electrons. The lowest BCUT2D eigenvalue weighted by Crippen LogP contribution is -2.26. The molecule has 0 heterocycles. The highest BCUT2D eigenvalue weighted by Gasteiger charge is 2.33. The van der Waals surface area contributed by atoms with E-state index in [1.54, 1.807) is 18.2 Å². The van der Waals surface area contributed by atoms with Crippen LogP contribution in [-0.2, 0) is 4.79 Å². The Kier molecular flexibility index (Phi) is 5.41. The molecule has 1 N–H and O–H groups in total. The number of methoxy groups -OCH3 is 1. The number of ketones is 1. The topological polar surface area (TPSA) is 64.6 Å². The molecule has 1 fully saturated rings. The van der Waals surface area contributed by atoms with Gasteiger partial charge in [-0.3, -0.25) is 9.59 Å². The second kappa shape index (κ2) is 7.29. The number of carbonyl (C=O) groups is 2. The van der Waals surface area contributed by atoms with Crippen molar-refractivity contribution in [1.29, 1.82) is 0 Å². The number of rotatable bonds is 8. The third-order valence-electron chi connectivity index (χ3n) is 3.83. The molecule has 1 aliphatic carbocycles. The van der Waals surface area contributed by atoms with Gasteiger partial charge in [-0.2, -0.15) is 0 Å². The fraction of sp³-hybridized carbons (Fsp3) is 0.529. The Hall–Kier alpha value is -2.04. The fourth-order valence-corrected chi connectivity index (χ4v) is 2.22. The summed E-state index contributed by atoms with van der Waals surface area (Å²) in [5.41, 5.74) is 0.585. The Morgan fingerprint density at radius 3 is 2.64 bits per heavy atom. The lowest BCUT2D eigenvalue weighted by Gasteiger charge is -2.11. The summed E-state index contributed by atoms with van der Waals surface area (Å²) in [4.78, 5) is 23.0. The van der Waals surface area contributed by atoms with Gasteiger partial charge in [0.25, 0.3) is 0 Å². The SMILES string of the molecule is COc1cc(C(C)=O)ccc1OCCCC(=O)NC1CC1C. The highest BCUT2D eigenvalue weighted by molar-refractivity contribution is 5.94. The van der Waals surface area contributed by atoms with Gasteiger partial charge in [-0.15, -0.1) is 0 Å². The van der Waals surface area contributed by atoms with Crippen molar-refractivity contribution in [2.45, 2.75) is 39.2 Å². The highest BCUT2D eigenvalue weighted by atomic mass is 16.5. The number of amides is 1. The molecular formula is C17H23NO4. The molecule has 22 heavy (non-hydrogen) atoms. The summed E-state index contributed by atoms with van der Waals surface area (Å²) in [5, 5.41) is 2.99. The summed E-state index contributed by atoms with van der Waals surface area (Å²) in [5.74, 6) is 1.80. The minimum Gasteiger partial charge on any atom is -0.493 e. The third-order valence-corrected chi connectivity index (χ3v) is 3.83. The maximum Gasteiger partial charge on any atom is 0.220 e. The molecule has 2 rings (SSSR count). The molecule has 5 heteroatoms. The zero-order valence-corrected chi connectivity index (χ0v) is 13.3. The Balaban J connectivity index is 1.76. The largest absolute Gasteiger partial charge is 0.493 e. The van der Waals surface area contributed by atoms with Gasteiger partial charge in [-0.1, -0.05) is 6.92 Å². The fourth-order valence-electron chi connectivity index (χ4n) is 2.22. The van der Waals surface area contributed by atoms with Crippen LogP contribution >= 0.6 is 0 Å². The number of hydrogen-bond donors (Lipinski definition) is 1. The first kappa shape index (κ1) is 16.3. The van der Waals surface area contributed by atoms with Crippen molar-refractivity contribution in [2.24, 2.45) is 5.92 Å². The summed E-state index contributed by atoms with van der Waals surface area (Å²) in [6.07, 6.45) is 2.18. The van der Waals surface area contributed by atoms with E-state index in [4.69, 9.17) is 9.47 Å². The van der Waals surface area contributed by atoms with Gasteiger partial charge in [-0.25, -0.2) is 0 Å². The number of hydrogen-bond acceptors (Lipinski definition) is 4. The summed E-state index contributed by atoms with van der Waals surface area (Å²) in [7, 11) is 1.54. The third kappa shape index (κ3) is 4.48. The van der Waals surface area contributed by atoms with Gasteiger partial charge < -0.3 is 14.8 Å². The summed E-state index contributed by atoms with van der Waals surface area (Å²) < 4.78 is 10.9. The summed E-state index contributed by atoms with van der Waals surface area (Å²) in [6, 6.07) is 5.47. The van der Waals surface area contributed by atoms with Crippen LogP contribution < -0.4 is 14.8 Å². The summed E-state index contributed by atoms with van der Waals surface area (Å²) >= 11 is 0.